The number of benzene rings is 2. The zero-order chi connectivity index (χ0) is 17.8. The van der Waals surface area contributed by atoms with Crippen LogP contribution >= 0.6 is 23.2 Å². The molecule has 0 aliphatic rings. The van der Waals surface area contributed by atoms with Crippen molar-refractivity contribution in [3.05, 3.63) is 80.6 Å². The third-order valence-electron chi connectivity index (χ3n) is 3.38. The molecule has 0 N–H and O–H groups in total. The first kappa shape index (κ1) is 17.1. The van der Waals surface area contributed by atoms with Crippen LogP contribution in [0.1, 0.15) is 5.56 Å². The molecule has 25 heavy (non-hydrogen) atoms. The largest absolute Gasteiger partial charge is 0.489 e. The van der Waals surface area contributed by atoms with Gasteiger partial charge in [-0.05, 0) is 30.3 Å². The highest BCUT2D eigenvalue weighted by molar-refractivity contribution is 6.36. The summed E-state index contributed by atoms with van der Waals surface area (Å²) in [6.07, 6.45) is 3.25. The maximum atomic E-state index is 10.7. The Balaban J connectivity index is 1.81. The van der Waals surface area contributed by atoms with E-state index in [-0.39, 0.29) is 12.3 Å². The summed E-state index contributed by atoms with van der Waals surface area (Å²) in [4.78, 5) is 18.6. The molecule has 0 amide bonds. The van der Waals surface area contributed by atoms with Crippen LogP contribution in [0.5, 0.6) is 5.75 Å². The number of rotatable bonds is 5. The van der Waals surface area contributed by atoms with E-state index in [9.17, 15) is 10.1 Å². The standard InChI is InChI=1S/C17H11Cl2N3O3/c18-15-9-16(19)14(17-20-6-1-7-21-17)8-11(15)10-25-13-4-2-12(3-5-13)22(23)24/h1-9H,10H2. The van der Waals surface area contributed by atoms with Crippen molar-refractivity contribution in [2.45, 2.75) is 6.61 Å². The van der Waals surface area contributed by atoms with Gasteiger partial charge in [0.25, 0.3) is 5.69 Å². The molecule has 3 aromatic rings. The van der Waals surface area contributed by atoms with Crippen LogP contribution in [0, 0.1) is 10.1 Å². The number of hydrogen-bond donors (Lipinski definition) is 0. The Hall–Kier alpha value is -2.70. The monoisotopic (exact) mass is 375 g/mol. The summed E-state index contributed by atoms with van der Waals surface area (Å²) < 4.78 is 5.65. The molecule has 0 aliphatic heterocycles. The summed E-state index contributed by atoms with van der Waals surface area (Å²) >= 11 is 12.5. The molecule has 0 bridgehead atoms. The van der Waals surface area contributed by atoms with Crippen molar-refractivity contribution in [1.82, 2.24) is 9.97 Å². The first-order chi connectivity index (χ1) is 12.0. The average molecular weight is 376 g/mol. The van der Waals surface area contributed by atoms with Crippen LogP contribution in [0.4, 0.5) is 5.69 Å². The van der Waals surface area contributed by atoms with Crippen LogP contribution < -0.4 is 4.74 Å². The average Bonchev–Trinajstić information content (AvgIpc) is 2.62. The second kappa shape index (κ2) is 7.46. The van der Waals surface area contributed by atoms with E-state index in [1.165, 1.54) is 24.3 Å². The Morgan fingerprint density at radius 2 is 1.72 bits per heavy atom. The SMILES string of the molecule is O=[N+]([O-])c1ccc(OCc2cc(-c3ncccn3)c(Cl)cc2Cl)cc1. The number of non-ortho nitro benzene ring substituents is 1. The van der Waals surface area contributed by atoms with E-state index < -0.39 is 4.92 Å². The fourth-order valence-corrected chi connectivity index (χ4v) is 2.66. The number of nitro groups is 1. The predicted molar refractivity (Wildman–Crippen MR) is 94.9 cm³/mol. The van der Waals surface area contributed by atoms with Gasteiger partial charge in [0.2, 0.25) is 0 Å². The summed E-state index contributed by atoms with van der Waals surface area (Å²) in [5.74, 6) is 0.981. The third-order valence-corrected chi connectivity index (χ3v) is 4.05. The lowest BCUT2D eigenvalue weighted by Gasteiger charge is -2.11. The Morgan fingerprint density at radius 1 is 1.04 bits per heavy atom. The van der Waals surface area contributed by atoms with E-state index in [4.69, 9.17) is 27.9 Å². The molecule has 0 radical (unpaired) electrons. The molecule has 0 atom stereocenters. The van der Waals surface area contributed by atoms with Crippen LogP contribution in [0.15, 0.2) is 54.9 Å². The molecule has 126 valence electrons. The molecule has 0 saturated heterocycles. The minimum atomic E-state index is -0.466. The van der Waals surface area contributed by atoms with Crippen molar-refractivity contribution in [1.29, 1.82) is 0 Å². The predicted octanol–water partition coefficient (Wildman–Crippen LogP) is 4.94. The van der Waals surface area contributed by atoms with Crippen molar-refractivity contribution >= 4 is 28.9 Å². The van der Waals surface area contributed by atoms with Crippen LogP contribution in [-0.4, -0.2) is 14.9 Å². The second-order valence-electron chi connectivity index (χ2n) is 5.04. The second-order valence-corrected chi connectivity index (χ2v) is 5.85. The lowest BCUT2D eigenvalue weighted by atomic mass is 10.1. The third kappa shape index (κ3) is 4.04. The number of halogens is 2. The molecule has 0 spiro atoms. The maximum absolute atomic E-state index is 10.7. The molecule has 0 aliphatic carbocycles. The summed E-state index contributed by atoms with van der Waals surface area (Å²) in [5.41, 5.74) is 1.35. The van der Waals surface area contributed by atoms with E-state index in [0.717, 1.165) is 0 Å². The molecule has 3 rings (SSSR count). The van der Waals surface area contributed by atoms with Gasteiger partial charge in [-0.2, -0.15) is 0 Å². The number of nitro benzene ring substituents is 1. The topological polar surface area (TPSA) is 78.2 Å². The Bertz CT molecular complexity index is 903. The van der Waals surface area contributed by atoms with Crippen molar-refractivity contribution < 1.29 is 9.66 Å². The van der Waals surface area contributed by atoms with Gasteiger partial charge in [0.05, 0.1) is 9.95 Å². The Morgan fingerprint density at radius 3 is 2.36 bits per heavy atom. The highest BCUT2D eigenvalue weighted by Gasteiger charge is 2.12. The molecule has 1 heterocycles. The van der Waals surface area contributed by atoms with Crippen LogP contribution in [0.3, 0.4) is 0 Å². The molecule has 2 aromatic carbocycles. The van der Waals surface area contributed by atoms with Crippen LogP contribution in [0.25, 0.3) is 11.4 Å². The fourth-order valence-electron chi connectivity index (χ4n) is 2.14. The fraction of sp³-hybridized carbons (Fsp3) is 0.0588. The molecule has 6 nitrogen and oxygen atoms in total. The minimum absolute atomic E-state index is 0.000359. The van der Waals surface area contributed by atoms with Crippen molar-refractivity contribution in [2.75, 3.05) is 0 Å². The van der Waals surface area contributed by atoms with Gasteiger partial charge in [0.1, 0.15) is 12.4 Å². The summed E-state index contributed by atoms with van der Waals surface area (Å²) in [7, 11) is 0. The van der Waals surface area contributed by atoms with Gasteiger partial charge in [-0.3, -0.25) is 10.1 Å². The van der Waals surface area contributed by atoms with Crippen LogP contribution in [0.2, 0.25) is 10.0 Å². The van der Waals surface area contributed by atoms with Gasteiger partial charge in [-0.1, -0.05) is 23.2 Å². The van der Waals surface area contributed by atoms with E-state index in [0.29, 0.717) is 32.7 Å². The highest BCUT2D eigenvalue weighted by atomic mass is 35.5. The van der Waals surface area contributed by atoms with Crippen molar-refractivity contribution in [2.24, 2.45) is 0 Å². The minimum Gasteiger partial charge on any atom is -0.489 e. The van der Waals surface area contributed by atoms with Gasteiger partial charge >= 0.3 is 0 Å². The van der Waals surface area contributed by atoms with Gasteiger partial charge < -0.3 is 4.74 Å². The number of hydrogen-bond acceptors (Lipinski definition) is 5. The number of nitrogens with zero attached hydrogens (tertiary/aromatic N) is 3. The zero-order valence-electron chi connectivity index (χ0n) is 12.7. The Labute approximate surface area is 153 Å². The van der Waals surface area contributed by atoms with E-state index in [1.807, 2.05) is 0 Å². The normalized spacial score (nSPS) is 10.5. The van der Waals surface area contributed by atoms with Gasteiger partial charge in [-0.25, -0.2) is 9.97 Å². The van der Waals surface area contributed by atoms with Gasteiger partial charge in [-0.15, -0.1) is 0 Å². The van der Waals surface area contributed by atoms with Gasteiger partial charge in [0.15, 0.2) is 5.82 Å². The van der Waals surface area contributed by atoms with Crippen molar-refractivity contribution in [3.63, 3.8) is 0 Å². The lowest BCUT2D eigenvalue weighted by Crippen LogP contribution is -1.98. The quantitative estimate of drug-likeness (QED) is 0.466. The zero-order valence-corrected chi connectivity index (χ0v) is 14.2. The Kier molecular flexibility index (Phi) is 5.11. The molecule has 1 aromatic heterocycles. The van der Waals surface area contributed by atoms with E-state index >= 15 is 0 Å². The number of ether oxygens (including phenoxy) is 1. The van der Waals surface area contributed by atoms with E-state index in [2.05, 4.69) is 9.97 Å². The lowest BCUT2D eigenvalue weighted by molar-refractivity contribution is -0.384. The first-order valence-electron chi connectivity index (χ1n) is 7.17. The molecular formula is C17H11Cl2N3O3. The maximum Gasteiger partial charge on any atom is 0.269 e. The molecule has 8 heteroatoms. The first-order valence-corrected chi connectivity index (χ1v) is 7.93. The van der Waals surface area contributed by atoms with Crippen molar-refractivity contribution in [3.8, 4) is 17.1 Å². The van der Waals surface area contributed by atoms with Gasteiger partial charge in [0, 0.05) is 40.7 Å². The smallest absolute Gasteiger partial charge is 0.269 e. The highest BCUT2D eigenvalue weighted by Crippen LogP contribution is 2.31. The molecule has 0 fully saturated rings. The molecule has 0 unspecified atom stereocenters. The summed E-state index contributed by atoms with van der Waals surface area (Å²) in [6, 6.07) is 10.9. The van der Waals surface area contributed by atoms with Crippen LogP contribution in [-0.2, 0) is 6.61 Å². The molecular weight excluding hydrogens is 365 g/mol. The van der Waals surface area contributed by atoms with E-state index in [1.54, 1.807) is 30.6 Å². The molecule has 0 saturated carbocycles. The summed E-state index contributed by atoms with van der Waals surface area (Å²) in [5, 5.41) is 11.6. The summed E-state index contributed by atoms with van der Waals surface area (Å²) in [6.45, 7) is 0.174. The number of aromatic nitrogens is 2.